The van der Waals surface area contributed by atoms with Gasteiger partial charge in [0.25, 0.3) is 0 Å². The minimum atomic E-state index is 0.529. The summed E-state index contributed by atoms with van der Waals surface area (Å²) in [6, 6.07) is 0.529. The maximum Gasteiger partial charge on any atom is 0.110 e. The maximum atomic E-state index is 4.76. The van der Waals surface area contributed by atoms with Crippen LogP contribution in [-0.2, 0) is 0 Å². The van der Waals surface area contributed by atoms with Crippen LogP contribution in [0, 0.1) is 0 Å². The standard InChI is InChI=1S/C12H20N2S/c1-3-9(2)11-8-15-12(14-11)10-6-4-5-7-13-10/h8-10,13H,3-7H2,1-2H3. The van der Waals surface area contributed by atoms with Crippen molar-refractivity contribution in [1.29, 1.82) is 0 Å². The first-order valence-corrected chi connectivity index (χ1v) is 6.88. The van der Waals surface area contributed by atoms with Gasteiger partial charge in [-0.3, -0.25) is 0 Å². The van der Waals surface area contributed by atoms with Gasteiger partial charge in [0.15, 0.2) is 0 Å². The Morgan fingerprint density at radius 2 is 2.47 bits per heavy atom. The van der Waals surface area contributed by atoms with Crippen molar-refractivity contribution >= 4 is 11.3 Å². The van der Waals surface area contributed by atoms with E-state index >= 15 is 0 Å². The molecule has 0 bridgehead atoms. The first-order valence-electron chi connectivity index (χ1n) is 6.00. The molecule has 0 amide bonds. The molecule has 0 radical (unpaired) electrons. The van der Waals surface area contributed by atoms with Crippen molar-refractivity contribution in [3.05, 3.63) is 16.1 Å². The number of piperidine rings is 1. The monoisotopic (exact) mass is 224 g/mol. The number of aromatic nitrogens is 1. The lowest BCUT2D eigenvalue weighted by Gasteiger charge is -2.21. The first kappa shape index (κ1) is 11.1. The zero-order valence-electron chi connectivity index (χ0n) is 9.62. The molecule has 84 valence electrons. The molecule has 0 saturated carbocycles. The molecule has 1 aromatic heterocycles. The minimum absolute atomic E-state index is 0.529. The van der Waals surface area contributed by atoms with Crippen molar-refractivity contribution in [3.8, 4) is 0 Å². The lowest BCUT2D eigenvalue weighted by atomic mass is 10.0. The molecule has 1 aromatic rings. The second kappa shape index (κ2) is 5.08. The van der Waals surface area contributed by atoms with E-state index in [-0.39, 0.29) is 0 Å². The Kier molecular flexibility index (Phi) is 3.76. The SMILES string of the molecule is CCC(C)c1csc(C2CCCCN2)n1. The number of nitrogens with zero attached hydrogens (tertiary/aromatic N) is 1. The Morgan fingerprint density at radius 1 is 1.60 bits per heavy atom. The van der Waals surface area contributed by atoms with Crippen molar-refractivity contribution in [2.24, 2.45) is 0 Å². The van der Waals surface area contributed by atoms with E-state index in [1.807, 2.05) is 11.3 Å². The number of rotatable bonds is 3. The van der Waals surface area contributed by atoms with Crippen LogP contribution in [0.4, 0.5) is 0 Å². The Bertz CT molecular complexity index is 302. The predicted molar refractivity (Wildman–Crippen MR) is 65.4 cm³/mol. The molecule has 2 heterocycles. The maximum absolute atomic E-state index is 4.76. The summed E-state index contributed by atoms with van der Waals surface area (Å²) in [5.74, 6) is 0.610. The number of nitrogens with one attached hydrogen (secondary N) is 1. The summed E-state index contributed by atoms with van der Waals surface area (Å²) < 4.78 is 0. The molecule has 2 rings (SSSR count). The second-order valence-corrected chi connectivity index (χ2v) is 5.31. The zero-order valence-corrected chi connectivity index (χ0v) is 10.4. The molecule has 2 atom stereocenters. The van der Waals surface area contributed by atoms with Gasteiger partial charge in [-0.05, 0) is 31.7 Å². The summed E-state index contributed by atoms with van der Waals surface area (Å²) in [4.78, 5) is 4.76. The highest BCUT2D eigenvalue weighted by Crippen LogP contribution is 2.28. The van der Waals surface area contributed by atoms with E-state index in [1.165, 1.54) is 36.4 Å². The van der Waals surface area contributed by atoms with Gasteiger partial charge in [-0.1, -0.05) is 20.3 Å². The van der Waals surface area contributed by atoms with Gasteiger partial charge in [0, 0.05) is 5.38 Å². The zero-order chi connectivity index (χ0) is 10.7. The fraction of sp³-hybridized carbons (Fsp3) is 0.750. The number of hydrogen-bond donors (Lipinski definition) is 1. The summed E-state index contributed by atoms with van der Waals surface area (Å²) in [6.45, 7) is 5.64. The van der Waals surface area contributed by atoms with E-state index in [2.05, 4.69) is 24.5 Å². The summed E-state index contributed by atoms with van der Waals surface area (Å²) in [6.07, 6.45) is 5.10. The second-order valence-electron chi connectivity index (χ2n) is 4.42. The fourth-order valence-corrected chi connectivity index (χ4v) is 3.01. The van der Waals surface area contributed by atoms with Crippen LogP contribution in [0.25, 0.3) is 0 Å². The van der Waals surface area contributed by atoms with Gasteiger partial charge in [-0.2, -0.15) is 0 Å². The van der Waals surface area contributed by atoms with Crippen LogP contribution in [0.15, 0.2) is 5.38 Å². The third-order valence-corrected chi connectivity index (χ3v) is 4.24. The van der Waals surface area contributed by atoms with Crippen molar-refractivity contribution in [2.75, 3.05) is 6.54 Å². The summed E-state index contributed by atoms with van der Waals surface area (Å²) >= 11 is 1.83. The van der Waals surface area contributed by atoms with Gasteiger partial charge < -0.3 is 5.32 Å². The van der Waals surface area contributed by atoms with Gasteiger partial charge in [-0.15, -0.1) is 11.3 Å². The molecular weight excluding hydrogens is 204 g/mol. The number of thiazole rings is 1. The van der Waals surface area contributed by atoms with Crippen molar-refractivity contribution in [3.63, 3.8) is 0 Å². The summed E-state index contributed by atoms with van der Waals surface area (Å²) in [7, 11) is 0. The molecule has 1 aliphatic rings. The Morgan fingerprint density at radius 3 is 3.13 bits per heavy atom. The third kappa shape index (κ3) is 2.58. The van der Waals surface area contributed by atoms with E-state index in [1.54, 1.807) is 0 Å². The van der Waals surface area contributed by atoms with Crippen LogP contribution in [0.3, 0.4) is 0 Å². The highest BCUT2D eigenvalue weighted by molar-refractivity contribution is 7.09. The van der Waals surface area contributed by atoms with Gasteiger partial charge in [0.2, 0.25) is 0 Å². The molecule has 3 heteroatoms. The molecule has 0 spiro atoms. The normalized spacial score (nSPS) is 24.0. The number of hydrogen-bond acceptors (Lipinski definition) is 3. The highest BCUT2D eigenvalue weighted by atomic mass is 32.1. The van der Waals surface area contributed by atoms with Gasteiger partial charge in [0.05, 0.1) is 11.7 Å². The molecule has 15 heavy (non-hydrogen) atoms. The molecular formula is C12H20N2S. The van der Waals surface area contributed by atoms with E-state index in [9.17, 15) is 0 Å². The molecule has 1 saturated heterocycles. The van der Waals surface area contributed by atoms with Crippen molar-refractivity contribution in [2.45, 2.75) is 51.5 Å². The van der Waals surface area contributed by atoms with Gasteiger partial charge >= 0.3 is 0 Å². The Hall–Kier alpha value is -0.410. The van der Waals surface area contributed by atoms with Crippen LogP contribution < -0.4 is 5.32 Å². The fourth-order valence-electron chi connectivity index (χ4n) is 1.96. The third-order valence-electron chi connectivity index (χ3n) is 3.27. The Balaban J connectivity index is 2.05. The van der Waals surface area contributed by atoms with E-state index in [0.717, 1.165) is 6.54 Å². The van der Waals surface area contributed by atoms with Crippen molar-refractivity contribution in [1.82, 2.24) is 10.3 Å². The molecule has 0 aliphatic carbocycles. The van der Waals surface area contributed by atoms with E-state index in [0.29, 0.717) is 12.0 Å². The largest absolute Gasteiger partial charge is 0.308 e. The lowest BCUT2D eigenvalue weighted by Crippen LogP contribution is -2.26. The molecule has 1 aliphatic heterocycles. The molecule has 0 aromatic carbocycles. The average molecular weight is 224 g/mol. The molecule has 1 fully saturated rings. The topological polar surface area (TPSA) is 24.9 Å². The first-order chi connectivity index (χ1) is 7.31. The van der Waals surface area contributed by atoms with Crippen LogP contribution in [0.2, 0.25) is 0 Å². The van der Waals surface area contributed by atoms with Crippen LogP contribution in [0.5, 0.6) is 0 Å². The van der Waals surface area contributed by atoms with Crippen LogP contribution >= 0.6 is 11.3 Å². The average Bonchev–Trinajstić information content (AvgIpc) is 2.78. The summed E-state index contributed by atoms with van der Waals surface area (Å²) in [5, 5.41) is 7.09. The smallest absolute Gasteiger partial charge is 0.110 e. The highest BCUT2D eigenvalue weighted by Gasteiger charge is 2.18. The van der Waals surface area contributed by atoms with Crippen LogP contribution in [0.1, 0.15) is 62.2 Å². The van der Waals surface area contributed by atoms with Crippen molar-refractivity contribution < 1.29 is 0 Å². The minimum Gasteiger partial charge on any atom is -0.308 e. The molecule has 1 N–H and O–H groups in total. The summed E-state index contributed by atoms with van der Waals surface area (Å²) in [5.41, 5.74) is 1.28. The lowest BCUT2D eigenvalue weighted by molar-refractivity contribution is 0.410. The van der Waals surface area contributed by atoms with Gasteiger partial charge in [-0.25, -0.2) is 4.98 Å². The molecule has 2 unspecified atom stereocenters. The predicted octanol–water partition coefficient (Wildman–Crippen LogP) is 3.47. The Labute approximate surface area is 96.1 Å². The quantitative estimate of drug-likeness (QED) is 0.850. The van der Waals surface area contributed by atoms with E-state index in [4.69, 9.17) is 4.98 Å². The van der Waals surface area contributed by atoms with Gasteiger partial charge in [0.1, 0.15) is 5.01 Å². The van der Waals surface area contributed by atoms with Crippen LogP contribution in [-0.4, -0.2) is 11.5 Å². The molecule has 2 nitrogen and oxygen atoms in total. The van der Waals surface area contributed by atoms with E-state index < -0.39 is 0 Å².